The van der Waals surface area contributed by atoms with Crippen LogP contribution in [0.2, 0.25) is 0 Å². The molecule has 31 heavy (non-hydrogen) atoms. The number of rotatable bonds is 3. The number of hydrogen-bond donors (Lipinski definition) is 2. The van der Waals surface area contributed by atoms with Crippen molar-refractivity contribution in [1.82, 2.24) is 39.1 Å². The van der Waals surface area contributed by atoms with Crippen LogP contribution in [-0.4, -0.2) is 44.2 Å². The molecule has 13 heteroatoms. The summed E-state index contributed by atoms with van der Waals surface area (Å²) in [6.45, 7) is 0.771. The van der Waals surface area contributed by atoms with Gasteiger partial charge in [-0.3, -0.25) is 9.36 Å². The lowest BCUT2D eigenvalue weighted by Gasteiger charge is -1.97. The Bertz CT molecular complexity index is 1180. The van der Waals surface area contributed by atoms with Crippen molar-refractivity contribution in [2.45, 2.75) is 13.2 Å². The number of hydrogen-bond acceptors (Lipinski definition) is 7. The van der Waals surface area contributed by atoms with Crippen molar-refractivity contribution in [3.63, 3.8) is 0 Å². The molecular weight excluding hydrogens is 626 g/mol. The summed E-state index contributed by atoms with van der Waals surface area (Å²) in [5.41, 5.74) is 2.95. The first-order valence-electron chi connectivity index (χ1n) is 8.63. The average molecular weight is 644 g/mol. The molecule has 11 nitrogen and oxygen atoms in total. The van der Waals surface area contributed by atoms with E-state index in [1.165, 1.54) is 12.5 Å². The van der Waals surface area contributed by atoms with E-state index >= 15 is 0 Å². The second-order valence-corrected chi connectivity index (χ2v) is 8.06. The van der Waals surface area contributed by atoms with E-state index in [2.05, 4.69) is 70.3 Å². The van der Waals surface area contributed by atoms with E-state index in [0.717, 1.165) is 18.5 Å². The molecule has 0 saturated carbocycles. The van der Waals surface area contributed by atoms with Crippen molar-refractivity contribution in [3.05, 3.63) is 67.4 Å². The minimum atomic E-state index is 0.0755. The first kappa shape index (κ1) is 24.5. The Kier molecular flexibility index (Phi) is 9.63. The zero-order valence-electron chi connectivity index (χ0n) is 16.6. The topological polar surface area (TPSA) is 150 Å². The fraction of sp³-hybridized carbons (Fsp3) is 0.222. The Hall–Kier alpha value is -2.76. The van der Waals surface area contributed by atoms with E-state index < -0.39 is 0 Å². The number of halogens is 2. The van der Waals surface area contributed by atoms with Gasteiger partial charge < -0.3 is 14.7 Å². The second kappa shape index (κ2) is 12.2. The summed E-state index contributed by atoms with van der Waals surface area (Å²) in [5, 5.41) is 33.7. The van der Waals surface area contributed by atoms with Gasteiger partial charge in [0.05, 0.1) is 32.0 Å². The zero-order valence-corrected chi connectivity index (χ0v) is 20.9. The number of nitrogens with one attached hydrogen (secondary N) is 1. The molecule has 0 amide bonds. The first-order chi connectivity index (χ1) is 14.9. The molecule has 0 spiro atoms. The van der Waals surface area contributed by atoms with E-state index in [1.54, 1.807) is 21.9 Å². The van der Waals surface area contributed by atoms with Crippen LogP contribution in [0.3, 0.4) is 0 Å². The summed E-state index contributed by atoms with van der Waals surface area (Å²) < 4.78 is 7.18. The number of nitrogens with zero attached hydrogens (tertiary/aromatic N) is 9. The van der Waals surface area contributed by atoms with Crippen LogP contribution in [0.15, 0.2) is 37.4 Å². The monoisotopic (exact) mass is 644 g/mol. The smallest absolute Gasteiger partial charge is 0.158 e. The van der Waals surface area contributed by atoms with Gasteiger partial charge in [-0.05, 0) is 45.2 Å². The van der Waals surface area contributed by atoms with Crippen LogP contribution < -0.4 is 0 Å². The Morgan fingerprint density at radius 3 is 2.03 bits per heavy atom. The maximum Gasteiger partial charge on any atom is 0.158 e. The molecule has 0 fully saturated rings. The summed E-state index contributed by atoms with van der Waals surface area (Å²) in [5.74, 6) is 0. The fourth-order valence-electron chi connectivity index (χ4n) is 2.25. The molecule has 0 radical (unpaired) electrons. The highest BCUT2D eigenvalue weighted by molar-refractivity contribution is 14.1. The number of aromatic amines is 1. The standard InChI is InChI=1S/C9H8IN5.C5H7IN2O.C4H3N3/c1-14-3-7(9(10)13-14)4-15-5-8(2-11)12-6-15;1-8-2-4(3-9)5(6)7-8;5-1-4-2-6-3-7-4/h3,5-6H,4H2,1H3;2,9H,3H2,1H3;2-3H,(H,6,7). The molecule has 0 aromatic carbocycles. The van der Waals surface area contributed by atoms with Gasteiger partial charge in [-0.2, -0.15) is 20.7 Å². The molecule has 4 heterocycles. The number of aliphatic hydroxyl groups excluding tert-OH is 1. The lowest BCUT2D eigenvalue weighted by atomic mass is 10.3. The summed E-state index contributed by atoms with van der Waals surface area (Å²) in [7, 11) is 3.72. The maximum absolute atomic E-state index is 8.67. The van der Waals surface area contributed by atoms with Crippen LogP contribution in [0.1, 0.15) is 22.5 Å². The minimum Gasteiger partial charge on any atom is -0.392 e. The third kappa shape index (κ3) is 7.78. The molecular formula is C18H18I2N10O. The van der Waals surface area contributed by atoms with Gasteiger partial charge in [0.1, 0.15) is 25.2 Å². The van der Waals surface area contributed by atoms with Crippen LogP contribution in [0.5, 0.6) is 0 Å². The number of aliphatic hydroxyl groups is 1. The van der Waals surface area contributed by atoms with E-state index in [1.807, 2.05) is 43.2 Å². The highest BCUT2D eigenvalue weighted by atomic mass is 127. The van der Waals surface area contributed by atoms with Crippen LogP contribution in [0.4, 0.5) is 0 Å². The molecule has 0 unspecified atom stereocenters. The SMILES string of the molecule is Cn1cc(CO)c(I)n1.Cn1cc(Cn2cnc(C#N)c2)c(I)n1.N#Cc1cnc[nH]1. The molecule has 4 rings (SSSR count). The molecule has 0 aliphatic carbocycles. The molecule has 0 bridgehead atoms. The average Bonchev–Trinajstić information content (AvgIpc) is 3.52. The summed E-state index contributed by atoms with van der Waals surface area (Å²) >= 11 is 4.28. The van der Waals surface area contributed by atoms with Gasteiger partial charge >= 0.3 is 0 Å². The van der Waals surface area contributed by atoms with Crippen molar-refractivity contribution in [2.75, 3.05) is 0 Å². The number of imidazole rings is 2. The van der Waals surface area contributed by atoms with Crippen LogP contribution in [0.25, 0.3) is 0 Å². The van der Waals surface area contributed by atoms with Crippen molar-refractivity contribution < 1.29 is 5.11 Å². The molecule has 4 aromatic heterocycles. The maximum atomic E-state index is 8.67. The fourth-order valence-corrected chi connectivity index (χ4v) is 3.55. The second-order valence-electron chi connectivity index (χ2n) is 6.02. The van der Waals surface area contributed by atoms with E-state index in [9.17, 15) is 0 Å². The van der Waals surface area contributed by atoms with Gasteiger partial charge in [0.15, 0.2) is 5.69 Å². The lowest BCUT2D eigenvalue weighted by Crippen LogP contribution is -1.96. The first-order valence-corrected chi connectivity index (χ1v) is 10.8. The molecule has 0 atom stereocenters. The normalized spacial score (nSPS) is 9.65. The third-order valence-electron chi connectivity index (χ3n) is 3.60. The van der Waals surface area contributed by atoms with Gasteiger partial charge in [-0.25, -0.2) is 9.97 Å². The minimum absolute atomic E-state index is 0.0755. The number of aryl methyl sites for hydroxylation is 2. The lowest BCUT2D eigenvalue weighted by molar-refractivity contribution is 0.281. The molecule has 0 saturated heterocycles. The number of H-pyrrole nitrogens is 1. The highest BCUT2D eigenvalue weighted by Crippen LogP contribution is 2.11. The predicted molar refractivity (Wildman–Crippen MR) is 127 cm³/mol. The van der Waals surface area contributed by atoms with E-state index in [-0.39, 0.29) is 6.61 Å². The molecule has 0 aliphatic rings. The largest absolute Gasteiger partial charge is 0.392 e. The highest BCUT2D eigenvalue weighted by Gasteiger charge is 2.05. The third-order valence-corrected chi connectivity index (χ3v) is 5.41. The molecule has 4 aromatic rings. The van der Waals surface area contributed by atoms with Gasteiger partial charge in [0, 0.05) is 43.8 Å². The van der Waals surface area contributed by atoms with Crippen LogP contribution in [-0.2, 0) is 27.2 Å². The van der Waals surface area contributed by atoms with Crippen molar-refractivity contribution in [3.8, 4) is 12.1 Å². The van der Waals surface area contributed by atoms with Crippen molar-refractivity contribution in [2.24, 2.45) is 14.1 Å². The van der Waals surface area contributed by atoms with Crippen molar-refractivity contribution in [1.29, 1.82) is 10.5 Å². The predicted octanol–water partition coefficient (Wildman–Crippen LogP) is 1.94. The van der Waals surface area contributed by atoms with E-state index in [0.29, 0.717) is 17.9 Å². The van der Waals surface area contributed by atoms with Gasteiger partial charge in [0.25, 0.3) is 0 Å². The summed E-state index contributed by atoms with van der Waals surface area (Å²) in [6.07, 6.45) is 10.1. The van der Waals surface area contributed by atoms with Gasteiger partial charge in [0.2, 0.25) is 0 Å². The van der Waals surface area contributed by atoms with Crippen molar-refractivity contribution >= 4 is 45.2 Å². The van der Waals surface area contributed by atoms with Gasteiger partial charge in [-0.15, -0.1) is 0 Å². The van der Waals surface area contributed by atoms with Gasteiger partial charge in [-0.1, -0.05) is 0 Å². The Morgan fingerprint density at radius 2 is 1.68 bits per heavy atom. The van der Waals surface area contributed by atoms with Crippen LogP contribution >= 0.6 is 45.2 Å². The number of aromatic nitrogens is 8. The Labute approximate surface area is 205 Å². The molecule has 2 N–H and O–H groups in total. The summed E-state index contributed by atoms with van der Waals surface area (Å²) in [4.78, 5) is 10.2. The quantitative estimate of drug-likeness (QED) is 0.324. The van der Waals surface area contributed by atoms with Crippen LogP contribution in [0, 0.1) is 30.1 Å². The Morgan fingerprint density at radius 1 is 1.03 bits per heavy atom. The molecule has 0 aliphatic heterocycles. The van der Waals surface area contributed by atoms with E-state index in [4.69, 9.17) is 15.6 Å². The summed E-state index contributed by atoms with van der Waals surface area (Å²) in [6, 6.07) is 3.89. The zero-order chi connectivity index (χ0) is 22.8. The Balaban J connectivity index is 0.000000181. The number of nitriles is 2. The molecule has 160 valence electrons.